The van der Waals surface area contributed by atoms with Crippen LogP contribution in [0.3, 0.4) is 0 Å². The maximum atomic E-state index is 12.7. The fourth-order valence-corrected chi connectivity index (χ4v) is 2.86. The molecule has 0 fully saturated rings. The molecule has 7 heteroatoms. The topological polar surface area (TPSA) is 34.1 Å². The summed E-state index contributed by atoms with van der Waals surface area (Å²) >= 11 is 1.33. The minimum Gasteiger partial charge on any atom is -0.497 e. The molecule has 1 N–H and O–H groups in total. The lowest BCUT2D eigenvalue weighted by Gasteiger charge is -2.08. The number of alkyl halides is 3. The number of aromatic nitrogens is 1. The van der Waals surface area contributed by atoms with Gasteiger partial charge in [0.15, 0.2) is 5.13 Å². The van der Waals surface area contributed by atoms with E-state index in [9.17, 15) is 13.2 Å². The highest BCUT2D eigenvalue weighted by Gasteiger charge is 2.30. The van der Waals surface area contributed by atoms with E-state index in [4.69, 9.17) is 4.74 Å². The fraction of sp³-hybridized carbons (Fsp3) is 0.118. The Labute approximate surface area is 140 Å². The lowest BCUT2D eigenvalue weighted by Crippen LogP contribution is -2.05. The van der Waals surface area contributed by atoms with Crippen LogP contribution in [-0.4, -0.2) is 12.1 Å². The van der Waals surface area contributed by atoms with Crippen LogP contribution in [0.15, 0.2) is 53.9 Å². The van der Waals surface area contributed by atoms with Crippen LogP contribution in [0.2, 0.25) is 0 Å². The summed E-state index contributed by atoms with van der Waals surface area (Å²) in [6.45, 7) is 0. The highest BCUT2D eigenvalue weighted by Crippen LogP contribution is 2.32. The first-order chi connectivity index (χ1) is 11.5. The second kappa shape index (κ2) is 6.52. The summed E-state index contributed by atoms with van der Waals surface area (Å²) in [7, 11) is 1.59. The molecule has 124 valence electrons. The van der Waals surface area contributed by atoms with Gasteiger partial charge in [-0.05, 0) is 42.5 Å². The number of methoxy groups -OCH3 is 1. The highest BCUT2D eigenvalue weighted by atomic mass is 32.1. The molecule has 0 aliphatic rings. The Hall–Kier alpha value is -2.54. The van der Waals surface area contributed by atoms with Crippen LogP contribution >= 0.6 is 11.3 Å². The first-order valence-electron chi connectivity index (χ1n) is 7.00. The van der Waals surface area contributed by atoms with Crippen molar-refractivity contribution in [1.29, 1.82) is 0 Å². The number of benzene rings is 2. The number of hydrogen-bond donors (Lipinski definition) is 1. The van der Waals surface area contributed by atoms with Gasteiger partial charge in [0.25, 0.3) is 0 Å². The zero-order valence-corrected chi connectivity index (χ0v) is 13.4. The van der Waals surface area contributed by atoms with Crippen molar-refractivity contribution in [2.24, 2.45) is 0 Å². The summed E-state index contributed by atoms with van der Waals surface area (Å²) in [5.41, 5.74) is 1.31. The molecular formula is C17H13F3N2OS. The average Bonchev–Trinajstić information content (AvgIpc) is 3.03. The smallest absolute Gasteiger partial charge is 0.416 e. The van der Waals surface area contributed by atoms with E-state index in [0.717, 1.165) is 29.1 Å². The molecule has 0 saturated heterocycles. The maximum Gasteiger partial charge on any atom is 0.416 e. The summed E-state index contributed by atoms with van der Waals surface area (Å²) < 4.78 is 43.3. The van der Waals surface area contributed by atoms with Crippen molar-refractivity contribution in [3.8, 4) is 17.0 Å². The molecule has 3 rings (SSSR count). The van der Waals surface area contributed by atoms with E-state index < -0.39 is 11.7 Å². The Morgan fingerprint density at radius 1 is 1.08 bits per heavy atom. The minimum atomic E-state index is -4.37. The third-order valence-electron chi connectivity index (χ3n) is 3.33. The van der Waals surface area contributed by atoms with Crippen molar-refractivity contribution in [3.05, 3.63) is 59.5 Å². The van der Waals surface area contributed by atoms with E-state index in [1.165, 1.54) is 17.4 Å². The third kappa shape index (κ3) is 3.68. The Kier molecular flexibility index (Phi) is 4.44. The summed E-state index contributed by atoms with van der Waals surface area (Å²) in [6, 6.07) is 12.4. The van der Waals surface area contributed by atoms with Gasteiger partial charge >= 0.3 is 6.18 Å². The average molecular weight is 350 g/mol. The van der Waals surface area contributed by atoms with Crippen molar-refractivity contribution >= 4 is 22.2 Å². The van der Waals surface area contributed by atoms with Crippen molar-refractivity contribution in [3.63, 3.8) is 0 Å². The van der Waals surface area contributed by atoms with Gasteiger partial charge in [0, 0.05) is 16.6 Å². The van der Waals surface area contributed by atoms with E-state index >= 15 is 0 Å². The predicted octanol–water partition coefficient (Wildman–Crippen LogP) is 5.58. The van der Waals surface area contributed by atoms with Crippen LogP contribution in [0.25, 0.3) is 11.3 Å². The molecule has 0 amide bonds. The maximum absolute atomic E-state index is 12.7. The summed E-state index contributed by atoms with van der Waals surface area (Å²) in [4.78, 5) is 4.41. The van der Waals surface area contributed by atoms with E-state index in [2.05, 4.69) is 10.3 Å². The first kappa shape index (κ1) is 16.3. The molecule has 0 atom stereocenters. The normalized spacial score (nSPS) is 11.3. The lowest BCUT2D eigenvalue weighted by atomic mass is 10.2. The summed E-state index contributed by atoms with van der Waals surface area (Å²) in [5, 5.41) is 5.28. The van der Waals surface area contributed by atoms with Crippen molar-refractivity contribution in [2.45, 2.75) is 6.18 Å². The van der Waals surface area contributed by atoms with E-state index in [1.54, 1.807) is 13.2 Å². The van der Waals surface area contributed by atoms with Gasteiger partial charge < -0.3 is 10.1 Å². The summed E-state index contributed by atoms with van der Waals surface area (Å²) in [5.74, 6) is 0.747. The number of ether oxygens (including phenoxy) is 1. The zero-order valence-electron chi connectivity index (χ0n) is 12.6. The molecule has 0 bridgehead atoms. The number of rotatable bonds is 4. The zero-order chi connectivity index (χ0) is 17.2. The van der Waals surface area contributed by atoms with Gasteiger partial charge in [0.05, 0.1) is 18.4 Å². The van der Waals surface area contributed by atoms with Gasteiger partial charge in [-0.3, -0.25) is 0 Å². The SMILES string of the molecule is COc1ccc(-c2csc(Nc3cccc(C(F)(F)F)c3)n2)cc1. The predicted molar refractivity (Wildman–Crippen MR) is 88.8 cm³/mol. The van der Waals surface area contributed by atoms with Gasteiger partial charge in [-0.2, -0.15) is 13.2 Å². The monoisotopic (exact) mass is 350 g/mol. The standard InChI is InChI=1S/C17H13F3N2OS/c1-23-14-7-5-11(6-8-14)15-10-24-16(22-15)21-13-4-2-3-12(9-13)17(18,19)20/h2-10H,1H3,(H,21,22). The number of anilines is 2. The molecule has 0 aliphatic heterocycles. The summed E-state index contributed by atoms with van der Waals surface area (Å²) in [6.07, 6.45) is -4.37. The number of nitrogens with one attached hydrogen (secondary N) is 1. The Bertz CT molecular complexity index is 828. The number of halogens is 3. The molecule has 0 spiro atoms. The molecule has 0 saturated carbocycles. The van der Waals surface area contributed by atoms with E-state index in [1.807, 2.05) is 29.6 Å². The van der Waals surface area contributed by atoms with Gasteiger partial charge in [0.1, 0.15) is 5.75 Å². The van der Waals surface area contributed by atoms with Crippen LogP contribution in [0, 0.1) is 0 Å². The Balaban J connectivity index is 1.79. The molecule has 3 nitrogen and oxygen atoms in total. The van der Waals surface area contributed by atoms with E-state index in [0.29, 0.717) is 10.8 Å². The minimum absolute atomic E-state index is 0.348. The molecule has 1 heterocycles. The van der Waals surface area contributed by atoms with Crippen molar-refractivity contribution in [1.82, 2.24) is 4.98 Å². The molecule has 1 aromatic heterocycles. The second-order valence-corrected chi connectivity index (χ2v) is 5.83. The van der Waals surface area contributed by atoms with Crippen LogP contribution in [-0.2, 0) is 6.18 Å². The Morgan fingerprint density at radius 2 is 1.83 bits per heavy atom. The van der Waals surface area contributed by atoms with Crippen LogP contribution in [0.5, 0.6) is 5.75 Å². The fourth-order valence-electron chi connectivity index (χ4n) is 2.12. The van der Waals surface area contributed by atoms with E-state index in [-0.39, 0.29) is 0 Å². The largest absolute Gasteiger partial charge is 0.497 e. The number of thiazole rings is 1. The highest BCUT2D eigenvalue weighted by molar-refractivity contribution is 7.14. The molecule has 3 aromatic rings. The van der Waals surface area contributed by atoms with Crippen molar-refractivity contribution < 1.29 is 17.9 Å². The van der Waals surface area contributed by atoms with Crippen molar-refractivity contribution in [2.75, 3.05) is 12.4 Å². The van der Waals surface area contributed by atoms with Crippen LogP contribution in [0.4, 0.5) is 24.0 Å². The van der Waals surface area contributed by atoms with Gasteiger partial charge in [-0.15, -0.1) is 11.3 Å². The molecule has 24 heavy (non-hydrogen) atoms. The quantitative estimate of drug-likeness (QED) is 0.667. The molecule has 0 aliphatic carbocycles. The van der Waals surface area contributed by atoms with Gasteiger partial charge in [-0.25, -0.2) is 4.98 Å². The lowest BCUT2D eigenvalue weighted by molar-refractivity contribution is -0.137. The van der Waals surface area contributed by atoms with Gasteiger partial charge in [0.2, 0.25) is 0 Å². The van der Waals surface area contributed by atoms with Crippen LogP contribution in [0.1, 0.15) is 5.56 Å². The van der Waals surface area contributed by atoms with Crippen LogP contribution < -0.4 is 10.1 Å². The Morgan fingerprint density at radius 3 is 2.50 bits per heavy atom. The van der Waals surface area contributed by atoms with Gasteiger partial charge in [-0.1, -0.05) is 6.07 Å². The molecule has 0 radical (unpaired) electrons. The third-order valence-corrected chi connectivity index (χ3v) is 4.09. The molecule has 2 aromatic carbocycles. The second-order valence-electron chi connectivity index (χ2n) is 4.97. The number of nitrogens with zero attached hydrogens (tertiary/aromatic N) is 1. The number of hydrogen-bond acceptors (Lipinski definition) is 4. The molecular weight excluding hydrogens is 337 g/mol. The molecule has 0 unspecified atom stereocenters. The first-order valence-corrected chi connectivity index (χ1v) is 7.88.